The molecule has 1 saturated heterocycles. The van der Waals surface area contributed by atoms with Crippen molar-refractivity contribution in [2.75, 3.05) is 23.7 Å². The second-order valence-electron chi connectivity index (χ2n) is 7.97. The van der Waals surface area contributed by atoms with E-state index in [9.17, 15) is 0 Å². The highest BCUT2D eigenvalue weighted by atomic mass is 15.2. The minimum Gasteiger partial charge on any atom is -0.397 e. The van der Waals surface area contributed by atoms with Crippen molar-refractivity contribution in [1.29, 1.82) is 5.41 Å². The minimum atomic E-state index is 0.120. The molecule has 1 fully saturated rings. The van der Waals surface area contributed by atoms with Crippen LogP contribution in [0.2, 0.25) is 0 Å². The summed E-state index contributed by atoms with van der Waals surface area (Å²) in [5.74, 6) is 0.824. The van der Waals surface area contributed by atoms with E-state index in [1.165, 1.54) is 0 Å². The van der Waals surface area contributed by atoms with E-state index in [0.29, 0.717) is 22.6 Å². The maximum atomic E-state index is 8.85. The first-order chi connectivity index (χ1) is 14.9. The van der Waals surface area contributed by atoms with Gasteiger partial charge in [-0.2, -0.15) is 0 Å². The molecule has 0 aromatic carbocycles. The molecule has 1 atom stereocenters. The molecule has 0 radical (unpaired) electrons. The fourth-order valence-electron chi connectivity index (χ4n) is 3.86. The van der Waals surface area contributed by atoms with E-state index < -0.39 is 0 Å². The molecule has 0 aliphatic carbocycles. The Hall–Kier alpha value is -3.58. The summed E-state index contributed by atoms with van der Waals surface area (Å²) in [6, 6.07) is 9.55. The molecule has 0 spiro atoms. The van der Waals surface area contributed by atoms with Crippen molar-refractivity contribution in [2.24, 2.45) is 5.73 Å². The highest BCUT2D eigenvalue weighted by molar-refractivity contribution is 6.13. The molecule has 4 heterocycles. The predicted octanol–water partition coefficient (Wildman–Crippen LogP) is 3.50. The molecule has 158 valence electrons. The molecule has 5 N–H and O–H groups in total. The van der Waals surface area contributed by atoms with E-state index in [1.54, 1.807) is 18.6 Å². The van der Waals surface area contributed by atoms with Gasteiger partial charge in [0.25, 0.3) is 0 Å². The Balaban J connectivity index is 1.74. The lowest BCUT2D eigenvalue weighted by Gasteiger charge is -2.33. The summed E-state index contributed by atoms with van der Waals surface area (Å²) >= 11 is 0. The second-order valence-corrected chi connectivity index (χ2v) is 7.97. The number of nitrogens with one attached hydrogen (secondary N) is 1. The van der Waals surface area contributed by atoms with Gasteiger partial charge in [-0.1, -0.05) is 6.58 Å². The zero-order chi connectivity index (χ0) is 22.0. The normalized spacial score (nSPS) is 16.2. The fraction of sp³-hybridized carbons (Fsp3) is 0.250. The summed E-state index contributed by atoms with van der Waals surface area (Å²) in [7, 11) is 0. The van der Waals surface area contributed by atoms with Crippen molar-refractivity contribution in [3.8, 4) is 11.3 Å². The number of rotatable bonds is 5. The number of nitrogens with zero attached hydrogens (tertiary/aromatic N) is 4. The second kappa shape index (κ2) is 8.65. The first-order valence-electron chi connectivity index (χ1n) is 10.4. The maximum absolute atomic E-state index is 8.85. The van der Waals surface area contributed by atoms with Gasteiger partial charge in [0, 0.05) is 48.2 Å². The van der Waals surface area contributed by atoms with Gasteiger partial charge in [-0.15, -0.1) is 0 Å². The van der Waals surface area contributed by atoms with Crippen molar-refractivity contribution >= 4 is 22.8 Å². The van der Waals surface area contributed by atoms with Crippen LogP contribution >= 0.6 is 0 Å². The third kappa shape index (κ3) is 4.32. The highest BCUT2D eigenvalue weighted by Crippen LogP contribution is 2.29. The van der Waals surface area contributed by atoms with Gasteiger partial charge in [0.05, 0.1) is 29.0 Å². The number of nitrogens with two attached hydrogens (primary N) is 2. The standard InChI is InChI=1S/C24H27N7/c1-15(2)18-7-8-21(30-24(18)31-10-4-6-17(25)14-31)23(27)19-11-22(29-13-20(19)26)16-5-3-9-28-12-16/h3,5,7-9,11-13,17,27H,1,4,6,10,14,25-26H2,2H3/t17-/m0/s1. The minimum absolute atomic E-state index is 0.120. The lowest BCUT2D eigenvalue weighted by atomic mass is 10.0. The third-order valence-corrected chi connectivity index (χ3v) is 5.51. The van der Waals surface area contributed by atoms with Crippen LogP contribution in [-0.2, 0) is 0 Å². The fourth-order valence-corrected chi connectivity index (χ4v) is 3.86. The number of hydrogen-bond acceptors (Lipinski definition) is 7. The van der Waals surface area contributed by atoms with E-state index in [2.05, 4.69) is 21.4 Å². The largest absolute Gasteiger partial charge is 0.397 e. The van der Waals surface area contributed by atoms with Crippen molar-refractivity contribution in [1.82, 2.24) is 15.0 Å². The van der Waals surface area contributed by atoms with Crippen LogP contribution < -0.4 is 16.4 Å². The van der Waals surface area contributed by atoms with E-state index >= 15 is 0 Å². The lowest BCUT2D eigenvalue weighted by molar-refractivity contribution is 0.503. The van der Waals surface area contributed by atoms with E-state index in [-0.39, 0.29) is 11.8 Å². The van der Waals surface area contributed by atoms with Crippen LogP contribution in [0.25, 0.3) is 16.8 Å². The number of piperidine rings is 1. The Kier molecular flexibility index (Phi) is 5.77. The first-order valence-corrected chi connectivity index (χ1v) is 10.4. The molecule has 0 bridgehead atoms. The summed E-state index contributed by atoms with van der Waals surface area (Å²) in [5.41, 5.74) is 17.7. The first kappa shape index (κ1) is 20.7. The molecular formula is C24H27N7. The molecular weight excluding hydrogens is 386 g/mol. The van der Waals surface area contributed by atoms with Crippen molar-refractivity contribution in [2.45, 2.75) is 25.8 Å². The van der Waals surface area contributed by atoms with E-state index in [0.717, 1.165) is 48.4 Å². The lowest BCUT2D eigenvalue weighted by Crippen LogP contribution is -2.43. The zero-order valence-corrected chi connectivity index (χ0v) is 17.7. The summed E-state index contributed by atoms with van der Waals surface area (Å²) in [6.07, 6.45) is 7.07. The smallest absolute Gasteiger partial charge is 0.136 e. The van der Waals surface area contributed by atoms with Crippen molar-refractivity contribution < 1.29 is 0 Å². The average Bonchev–Trinajstić information content (AvgIpc) is 2.79. The Bertz CT molecular complexity index is 1120. The van der Waals surface area contributed by atoms with E-state index in [1.807, 2.05) is 37.3 Å². The van der Waals surface area contributed by atoms with Crippen molar-refractivity contribution in [3.05, 3.63) is 72.3 Å². The number of pyridine rings is 3. The number of nitrogen functional groups attached to an aromatic ring is 1. The molecule has 3 aromatic rings. The summed E-state index contributed by atoms with van der Waals surface area (Å²) in [6.45, 7) is 7.71. The molecule has 31 heavy (non-hydrogen) atoms. The molecule has 4 rings (SSSR count). The predicted molar refractivity (Wildman–Crippen MR) is 126 cm³/mol. The van der Waals surface area contributed by atoms with Gasteiger partial charge in [-0.25, -0.2) is 4.98 Å². The number of hydrogen-bond donors (Lipinski definition) is 3. The van der Waals surface area contributed by atoms with Crippen molar-refractivity contribution in [3.63, 3.8) is 0 Å². The molecule has 7 heteroatoms. The van der Waals surface area contributed by atoms with Crippen LogP contribution in [0.15, 0.2) is 55.5 Å². The topological polar surface area (TPSA) is 118 Å². The van der Waals surface area contributed by atoms with Gasteiger partial charge in [-0.3, -0.25) is 15.4 Å². The molecule has 0 amide bonds. The van der Waals surface area contributed by atoms with Gasteiger partial charge in [0.1, 0.15) is 5.82 Å². The zero-order valence-electron chi connectivity index (χ0n) is 17.7. The Labute approximate surface area is 182 Å². The van der Waals surface area contributed by atoms with Gasteiger partial charge in [0.2, 0.25) is 0 Å². The van der Waals surface area contributed by atoms with Crippen LogP contribution in [-0.4, -0.2) is 39.8 Å². The number of aromatic nitrogens is 3. The van der Waals surface area contributed by atoms with Gasteiger partial charge >= 0.3 is 0 Å². The number of anilines is 2. The van der Waals surface area contributed by atoms with Gasteiger partial charge in [-0.05, 0) is 55.7 Å². The van der Waals surface area contributed by atoms with Gasteiger partial charge in [0.15, 0.2) is 0 Å². The van der Waals surface area contributed by atoms with Crippen LogP contribution in [0, 0.1) is 5.41 Å². The Morgan fingerprint density at radius 3 is 2.77 bits per heavy atom. The van der Waals surface area contributed by atoms with Crippen LogP contribution in [0.5, 0.6) is 0 Å². The van der Waals surface area contributed by atoms with Crippen LogP contribution in [0.1, 0.15) is 36.6 Å². The van der Waals surface area contributed by atoms with Crippen LogP contribution in [0.4, 0.5) is 11.5 Å². The SMILES string of the molecule is C=C(C)c1ccc(C(=N)c2cc(-c3cccnc3)ncc2N)nc1N1CCC[C@H](N)C1. The summed E-state index contributed by atoms with van der Waals surface area (Å²) in [4.78, 5) is 15.6. The third-order valence-electron chi connectivity index (χ3n) is 5.51. The molecule has 3 aromatic heterocycles. The summed E-state index contributed by atoms with van der Waals surface area (Å²) in [5, 5.41) is 8.85. The summed E-state index contributed by atoms with van der Waals surface area (Å²) < 4.78 is 0. The molecule has 1 aliphatic heterocycles. The quantitative estimate of drug-likeness (QED) is 0.551. The van der Waals surface area contributed by atoms with Gasteiger partial charge < -0.3 is 16.4 Å². The Morgan fingerprint density at radius 2 is 2.06 bits per heavy atom. The molecule has 0 saturated carbocycles. The molecule has 1 aliphatic rings. The molecule has 7 nitrogen and oxygen atoms in total. The van der Waals surface area contributed by atoms with Crippen LogP contribution in [0.3, 0.4) is 0 Å². The number of allylic oxidation sites excluding steroid dienone is 1. The maximum Gasteiger partial charge on any atom is 0.136 e. The van der Waals surface area contributed by atoms with E-state index in [4.69, 9.17) is 21.9 Å². The average molecular weight is 414 g/mol. The molecule has 0 unspecified atom stereocenters. The Morgan fingerprint density at radius 1 is 1.23 bits per heavy atom. The monoisotopic (exact) mass is 413 g/mol. The highest BCUT2D eigenvalue weighted by Gasteiger charge is 2.22.